The summed E-state index contributed by atoms with van der Waals surface area (Å²) in [5, 5.41) is 3.41. The van der Waals surface area contributed by atoms with E-state index < -0.39 is 0 Å². The van der Waals surface area contributed by atoms with Crippen LogP contribution in [0, 0.1) is 11.8 Å². The van der Waals surface area contributed by atoms with Gasteiger partial charge in [-0.1, -0.05) is 26.0 Å². The maximum absolute atomic E-state index is 3.41. The van der Waals surface area contributed by atoms with Crippen molar-refractivity contribution in [1.82, 2.24) is 5.32 Å². The highest BCUT2D eigenvalue weighted by Crippen LogP contribution is 2.47. The Bertz CT molecular complexity index is 213. The maximum Gasteiger partial charge on any atom is 0.0332 e. The second-order valence-electron chi connectivity index (χ2n) is 3.51. The third kappa shape index (κ3) is 1.17. The SMILES string of the molecule is C1=C2CCNC2=CC2CC12.CC. The zero-order valence-electron chi connectivity index (χ0n) is 7.93. The molecule has 0 spiro atoms. The maximum atomic E-state index is 3.41. The molecule has 0 bridgehead atoms. The zero-order valence-corrected chi connectivity index (χ0v) is 7.93. The van der Waals surface area contributed by atoms with Gasteiger partial charge in [0.05, 0.1) is 0 Å². The van der Waals surface area contributed by atoms with Gasteiger partial charge in [-0.3, -0.25) is 0 Å². The fourth-order valence-electron chi connectivity index (χ4n) is 2.01. The van der Waals surface area contributed by atoms with Crippen LogP contribution in [-0.2, 0) is 0 Å². The van der Waals surface area contributed by atoms with Crippen LogP contribution in [0.1, 0.15) is 26.7 Å². The number of allylic oxidation sites excluding steroid dienone is 3. The normalized spacial score (nSPS) is 34.5. The molecule has 1 saturated carbocycles. The molecule has 1 N–H and O–H groups in total. The highest BCUT2D eigenvalue weighted by Gasteiger charge is 2.38. The summed E-state index contributed by atoms with van der Waals surface area (Å²) < 4.78 is 0. The number of fused-ring (bicyclic) bond motifs is 2. The first-order valence-corrected chi connectivity index (χ1v) is 5.10. The third-order valence-electron chi connectivity index (χ3n) is 2.74. The highest BCUT2D eigenvalue weighted by atomic mass is 14.9. The van der Waals surface area contributed by atoms with Crippen molar-refractivity contribution in [2.75, 3.05) is 6.54 Å². The lowest BCUT2D eigenvalue weighted by atomic mass is 10.0. The van der Waals surface area contributed by atoms with Crippen molar-refractivity contribution in [3.05, 3.63) is 23.4 Å². The predicted molar refractivity (Wildman–Crippen MR) is 51.7 cm³/mol. The first kappa shape index (κ1) is 7.90. The topological polar surface area (TPSA) is 12.0 Å². The van der Waals surface area contributed by atoms with Gasteiger partial charge in [-0.25, -0.2) is 0 Å². The van der Waals surface area contributed by atoms with Crippen molar-refractivity contribution in [2.45, 2.75) is 26.7 Å². The molecule has 1 nitrogen and oxygen atoms in total. The fourth-order valence-corrected chi connectivity index (χ4v) is 2.01. The van der Waals surface area contributed by atoms with Crippen LogP contribution in [0.15, 0.2) is 23.4 Å². The Balaban J connectivity index is 0.000000264. The van der Waals surface area contributed by atoms with Crippen LogP contribution in [0.4, 0.5) is 0 Å². The largest absolute Gasteiger partial charge is 0.385 e. The van der Waals surface area contributed by atoms with Gasteiger partial charge in [-0.15, -0.1) is 0 Å². The van der Waals surface area contributed by atoms with E-state index >= 15 is 0 Å². The smallest absolute Gasteiger partial charge is 0.0332 e. The molecule has 0 aromatic rings. The molecule has 1 aliphatic heterocycles. The number of hydrogen-bond donors (Lipinski definition) is 1. The van der Waals surface area contributed by atoms with Gasteiger partial charge >= 0.3 is 0 Å². The number of hydrogen-bond acceptors (Lipinski definition) is 1. The Morgan fingerprint density at radius 3 is 2.83 bits per heavy atom. The van der Waals surface area contributed by atoms with E-state index in [0.717, 1.165) is 18.4 Å². The summed E-state index contributed by atoms with van der Waals surface area (Å²) in [5.74, 6) is 1.84. The quantitative estimate of drug-likeness (QED) is 0.578. The van der Waals surface area contributed by atoms with E-state index in [0.29, 0.717) is 0 Å². The summed E-state index contributed by atoms with van der Waals surface area (Å²) in [4.78, 5) is 0. The summed E-state index contributed by atoms with van der Waals surface area (Å²) in [6.07, 6.45) is 7.57. The van der Waals surface area contributed by atoms with E-state index in [9.17, 15) is 0 Å². The van der Waals surface area contributed by atoms with Crippen molar-refractivity contribution >= 4 is 0 Å². The van der Waals surface area contributed by atoms with Crippen molar-refractivity contribution < 1.29 is 0 Å². The lowest BCUT2D eigenvalue weighted by Gasteiger charge is -2.05. The van der Waals surface area contributed by atoms with Gasteiger partial charge < -0.3 is 5.32 Å². The molecule has 1 heteroatoms. The highest BCUT2D eigenvalue weighted by molar-refractivity contribution is 5.41. The van der Waals surface area contributed by atoms with Crippen molar-refractivity contribution in [2.24, 2.45) is 11.8 Å². The molecule has 3 aliphatic rings. The van der Waals surface area contributed by atoms with Gasteiger partial charge in [0.15, 0.2) is 0 Å². The Labute approximate surface area is 74.5 Å². The molecule has 2 atom stereocenters. The summed E-state index contributed by atoms with van der Waals surface area (Å²) >= 11 is 0. The van der Waals surface area contributed by atoms with Crippen LogP contribution in [-0.4, -0.2) is 6.54 Å². The summed E-state index contributed by atoms with van der Waals surface area (Å²) in [6.45, 7) is 5.16. The average Bonchev–Trinajstić information content (AvgIpc) is 2.72. The van der Waals surface area contributed by atoms with E-state index in [1.807, 2.05) is 13.8 Å². The van der Waals surface area contributed by atoms with Crippen molar-refractivity contribution in [1.29, 1.82) is 0 Å². The molecule has 2 fully saturated rings. The molecule has 0 amide bonds. The van der Waals surface area contributed by atoms with Crippen LogP contribution in [0.5, 0.6) is 0 Å². The Morgan fingerprint density at radius 2 is 2.00 bits per heavy atom. The van der Waals surface area contributed by atoms with E-state index in [2.05, 4.69) is 17.5 Å². The van der Waals surface area contributed by atoms with Gasteiger partial charge in [-0.2, -0.15) is 0 Å². The second-order valence-corrected chi connectivity index (χ2v) is 3.51. The first-order valence-electron chi connectivity index (χ1n) is 5.10. The fraction of sp³-hybridized carbons (Fsp3) is 0.636. The van der Waals surface area contributed by atoms with Crippen molar-refractivity contribution in [3.8, 4) is 0 Å². The number of rotatable bonds is 0. The Hall–Kier alpha value is -0.720. The predicted octanol–water partition coefficient (Wildman–Crippen LogP) is 2.47. The summed E-state index contributed by atoms with van der Waals surface area (Å²) in [6, 6.07) is 0. The molecular weight excluding hydrogens is 146 g/mol. The minimum atomic E-state index is 0.907. The van der Waals surface area contributed by atoms with E-state index in [1.54, 1.807) is 5.57 Å². The Morgan fingerprint density at radius 1 is 1.25 bits per heavy atom. The van der Waals surface area contributed by atoms with Crippen molar-refractivity contribution in [3.63, 3.8) is 0 Å². The Kier molecular flexibility index (Phi) is 1.95. The molecule has 0 radical (unpaired) electrons. The molecule has 3 rings (SSSR count). The van der Waals surface area contributed by atoms with E-state index in [1.165, 1.54) is 18.5 Å². The van der Waals surface area contributed by atoms with Crippen LogP contribution < -0.4 is 5.32 Å². The molecule has 12 heavy (non-hydrogen) atoms. The molecule has 66 valence electrons. The summed E-state index contributed by atoms with van der Waals surface area (Å²) in [5.41, 5.74) is 3.03. The van der Waals surface area contributed by atoms with Gasteiger partial charge in [0.2, 0.25) is 0 Å². The lowest BCUT2D eigenvalue weighted by Crippen LogP contribution is -2.05. The van der Waals surface area contributed by atoms with Gasteiger partial charge in [0.1, 0.15) is 0 Å². The summed E-state index contributed by atoms with van der Waals surface area (Å²) in [7, 11) is 0. The third-order valence-corrected chi connectivity index (χ3v) is 2.74. The van der Waals surface area contributed by atoms with Gasteiger partial charge in [0, 0.05) is 12.2 Å². The molecule has 0 aromatic carbocycles. The van der Waals surface area contributed by atoms with Crippen LogP contribution in [0.3, 0.4) is 0 Å². The minimum absolute atomic E-state index is 0.907. The molecule has 2 unspecified atom stereocenters. The molecular formula is C11H17N. The zero-order chi connectivity index (χ0) is 8.55. The lowest BCUT2D eigenvalue weighted by molar-refractivity contribution is 0.896. The molecule has 1 saturated heterocycles. The monoisotopic (exact) mass is 163 g/mol. The second kappa shape index (κ2) is 2.96. The average molecular weight is 163 g/mol. The van der Waals surface area contributed by atoms with Gasteiger partial charge in [-0.05, 0) is 30.3 Å². The molecule has 0 aromatic heterocycles. The van der Waals surface area contributed by atoms with Crippen LogP contribution >= 0.6 is 0 Å². The molecule has 2 aliphatic carbocycles. The number of nitrogens with one attached hydrogen (secondary N) is 1. The molecule has 1 heterocycles. The standard InChI is InChI=1S/C9H11N.C2H6/c1-2-10-9-5-8-4-7(8)3-6(1)9;1-2/h3,5,7-8,10H,1-2,4H2;1-2H3. The van der Waals surface area contributed by atoms with E-state index in [-0.39, 0.29) is 0 Å². The van der Waals surface area contributed by atoms with Crippen LogP contribution in [0.25, 0.3) is 0 Å². The first-order chi connectivity index (χ1) is 5.93. The van der Waals surface area contributed by atoms with E-state index in [4.69, 9.17) is 0 Å². The minimum Gasteiger partial charge on any atom is -0.385 e. The van der Waals surface area contributed by atoms with Gasteiger partial charge in [0.25, 0.3) is 0 Å². The van der Waals surface area contributed by atoms with Crippen LogP contribution in [0.2, 0.25) is 0 Å².